The first-order chi connectivity index (χ1) is 8.95. The van der Waals surface area contributed by atoms with Gasteiger partial charge in [0.15, 0.2) is 0 Å². The monoisotopic (exact) mass is 266 g/mol. The molecule has 1 N–H and O–H groups in total. The second-order valence-corrected chi connectivity index (χ2v) is 6.56. The maximum absolute atomic E-state index is 12.1. The Labute approximate surface area is 115 Å². The van der Waals surface area contributed by atoms with Crippen LogP contribution in [-0.2, 0) is 9.59 Å². The second kappa shape index (κ2) is 5.61. The Morgan fingerprint density at radius 1 is 1.32 bits per heavy atom. The van der Waals surface area contributed by atoms with E-state index in [0.29, 0.717) is 24.9 Å². The smallest absolute Gasteiger partial charge is 0.235 e. The number of likely N-dealkylation sites (tertiary alicyclic amines) is 1. The Bertz CT molecular complexity index is 365. The number of hydrogen-bond acceptors (Lipinski definition) is 3. The molecule has 2 fully saturated rings. The fraction of sp³-hybridized carbons (Fsp3) is 0.867. The SMILES string of the molecule is CCNC1CCCC1CCN1C(=O)CC(C)(C)C1=O. The zero-order valence-corrected chi connectivity index (χ0v) is 12.4. The van der Waals surface area contributed by atoms with Crippen molar-refractivity contribution in [1.29, 1.82) is 0 Å². The van der Waals surface area contributed by atoms with Crippen LogP contribution in [-0.4, -0.2) is 35.8 Å². The van der Waals surface area contributed by atoms with E-state index in [-0.39, 0.29) is 11.8 Å². The first kappa shape index (κ1) is 14.5. The fourth-order valence-corrected chi connectivity index (χ4v) is 3.46. The maximum Gasteiger partial charge on any atom is 0.235 e. The van der Waals surface area contributed by atoms with Crippen molar-refractivity contribution in [2.45, 2.75) is 58.9 Å². The van der Waals surface area contributed by atoms with E-state index in [0.717, 1.165) is 13.0 Å². The number of imide groups is 1. The molecule has 19 heavy (non-hydrogen) atoms. The molecule has 0 radical (unpaired) electrons. The lowest BCUT2D eigenvalue weighted by Crippen LogP contribution is -2.37. The zero-order chi connectivity index (χ0) is 14.0. The van der Waals surface area contributed by atoms with E-state index in [9.17, 15) is 9.59 Å². The fourth-order valence-electron chi connectivity index (χ4n) is 3.46. The molecule has 2 rings (SSSR count). The lowest BCUT2D eigenvalue weighted by Gasteiger charge is -2.23. The first-order valence-corrected chi connectivity index (χ1v) is 7.54. The van der Waals surface area contributed by atoms with Crippen molar-refractivity contribution < 1.29 is 9.59 Å². The number of nitrogens with zero attached hydrogens (tertiary/aromatic N) is 1. The minimum Gasteiger partial charge on any atom is -0.314 e. The lowest BCUT2D eigenvalue weighted by molar-refractivity contribution is -0.141. The van der Waals surface area contributed by atoms with Gasteiger partial charge in [-0.1, -0.05) is 27.2 Å². The quantitative estimate of drug-likeness (QED) is 0.774. The molecule has 1 saturated heterocycles. The Morgan fingerprint density at radius 2 is 2.05 bits per heavy atom. The summed E-state index contributed by atoms with van der Waals surface area (Å²) in [7, 11) is 0. The highest BCUT2D eigenvalue weighted by molar-refractivity contribution is 6.05. The van der Waals surface area contributed by atoms with Gasteiger partial charge in [-0.05, 0) is 31.7 Å². The minimum atomic E-state index is -0.492. The topological polar surface area (TPSA) is 49.4 Å². The third kappa shape index (κ3) is 2.99. The van der Waals surface area contributed by atoms with Gasteiger partial charge >= 0.3 is 0 Å². The van der Waals surface area contributed by atoms with Crippen molar-refractivity contribution in [1.82, 2.24) is 10.2 Å². The molecule has 0 aromatic rings. The van der Waals surface area contributed by atoms with Crippen molar-refractivity contribution in [3.05, 3.63) is 0 Å². The van der Waals surface area contributed by atoms with Crippen molar-refractivity contribution in [3.8, 4) is 0 Å². The van der Waals surface area contributed by atoms with Crippen molar-refractivity contribution in [3.63, 3.8) is 0 Å². The van der Waals surface area contributed by atoms with Gasteiger partial charge in [0.1, 0.15) is 0 Å². The van der Waals surface area contributed by atoms with Crippen LogP contribution < -0.4 is 5.32 Å². The standard InChI is InChI=1S/C15H26N2O2/c1-4-16-12-7-5-6-11(12)8-9-17-13(18)10-15(2,3)14(17)19/h11-12,16H,4-10H2,1-3H3. The number of carbonyl (C=O) groups excluding carboxylic acids is 2. The molecule has 2 aliphatic rings. The van der Waals surface area contributed by atoms with Crippen LogP contribution in [0.15, 0.2) is 0 Å². The van der Waals surface area contributed by atoms with Crippen LogP contribution in [0.5, 0.6) is 0 Å². The molecule has 2 amide bonds. The summed E-state index contributed by atoms with van der Waals surface area (Å²) >= 11 is 0. The van der Waals surface area contributed by atoms with Crippen LogP contribution >= 0.6 is 0 Å². The number of amides is 2. The van der Waals surface area contributed by atoms with Gasteiger partial charge in [0.05, 0.1) is 5.41 Å². The highest BCUT2D eigenvalue weighted by Gasteiger charge is 2.44. The molecule has 108 valence electrons. The van der Waals surface area contributed by atoms with E-state index in [1.54, 1.807) is 0 Å². The van der Waals surface area contributed by atoms with Crippen molar-refractivity contribution in [2.75, 3.05) is 13.1 Å². The average Bonchev–Trinajstić information content (AvgIpc) is 2.83. The van der Waals surface area contributed by atoms with Crippen LogP contribution in [0.4, 0.5) is 0 Å². The molecule has 4 nitrogen and oxygen atoms in total. The summed E-state index contributed by atoms with van der Waals surface area (Å²) in [4.78, 5) is 25.5. The predicted molar refractivity (Wildman–Crippen MR) is 74.5 cm³/mol. The third-order valence-corrected chi connectivity index (χ3v) is 4.57. The summed E-state index contributed by atoms with van der Waals surface area (Å²) < 4.78 is 0. The molecule has 0 spiro atoms. The zero-order valence-electron chi connectivity index (χ0n) is 12.4. The van der Waals surface area contributed by atoms with E-state index >= 15 is 0 Å². The Morgan fingerprint density at radius 3 is 2.63 bits per heavy atom. The molecular weight excluding hydrogens is 240 g/mol. The van der Waals surface area contributed by atoms with E-state index in [4.69, 9.17) is 0 Å². The number of hydrogen-bond donors (Lipinski definition) is 1. The molecule has 2 unspecified atom stereocenters. The predicted octanol–water partition coefficient (Wildman–Crippen LogP) is 1.94. The van der Waals surface area contributed by atoms with Gasteiger partial charge in [0.25, 0.3) is 0 Å². The lowest BCUT2D eigenvalue weighted by atomic mass is 9.92. The van der Waals surface area contributed by atoms with Crippen LogP contribution in [0.1, 0.15) is 52.9 Å². The summed E-state index contributed by atoms with van der Waals surface area (Å²) in [5.41, 5.74) is -0.492. The Kier molecular flexibility index (Phi) is 4.29. The third-order valence-electron chi connectivity index (χ3n) is 4.57. The van der Waals surface area contributed by atoms with Gasteiger partial charge in [0.2, 0.25) is 11.8 Å². The Balaban J connectivity index is 1.89. The van der Waals surface area contributed by atoms with E-state index in [1.165, 1.54) is 24.2 Å². The number of carbonyl (C=O) groups is 2. The van der Waals surface area contributed by atoms with Crippen LogP contribution in [0.3, 0.4) is 0 Å². The molecule has 0 bridgehead atoms. The summed E-state index contributed by atoms with van der Waals surface area (Å²) in [6, 6.07) is 0.575. The van der Waals surface area contributed by atoms with Gasteiger partial charge in [-0.3, -0.25) is 14.5 Å². The first-order valence-electron chi connectivity index (χ1n) is 7.54. The molecule has 1 heterocycles. The minimum absolute atomic E-state index is 0.00741. The average molecular weight is 266 g/mol. The van der Waals surface area contributed by atoms with Gasteiger partial charge in [-0.2, -0.15) is 0 Å². The maximum atomic E-state index is 12.1. The molecule has 1 aliphatic heterocycles. The molecular formula is C15H26N2O2. The normalized spacial score (nSPS) is 30.4. The molecule has 1 saturated carbocycles. The van der Waals surface area contributed by atoms with Crippen LogP contribution in [0.25, 0.3) is 0 Å². The van der Waals surface area contributed by atoms with Crippen LogP contribution in [0, 0.1) is 11.3 Å². The van der Waals surface area contributed by atoms with E-state index in [1.807, 2.05) is 13.8 Å². The molecule has 0 aromatic carbocycles. The summed E-state index contributed by atoms with van der Waals surface area (Å²) in [5, 5.41) is 3.52. The summed E-state index contributed by atoms with van der Waals surface area (Å²) in [6.07, 6.45) is 5.03. The molecule has 2 atom stereocenters. The molecule has 1 aliphatic carbocycles. The summed E-state index contributed by atoms with van der Waals surface area (Å²) in [6.45, 7) is 7.46. The largest absolute Gasteiger partial charge is 0.314 e. The van der Waals surface area contributed by atoms with Crippen molar-refractivity contribution >= 4 is 11.8 Å². The van der Waals surface area contributed by atoms with Gasteiger partial charge in [0, 0.05) is 19.0 Å². The number of nitrogens with one attached hydrogen (secondary N) is 1. The van der Waals surface area contributed by atoms with Gasteiger partial charge < -0.3 is 5.32 Å². The summed E-state index contributed by atoms with van der Waals surface area (Å²) in [5.74, 6) is 0.632. The van der Waals surface area contributed by atoms with E-state index < -0.39 is 5.41 Å². The van der Waals surface area contributed by atoms with Gasteiger partial charge in [-0.15, -0.1) is 0 Å². The van der Waals surface area contributed by atoms with Gasteiger partial charge in [-0.25, -0.2) is 0 Å². The van der Waals surface area contributed by atoms with Crippen molar-refractivity contribution in [2.24, 2.45) is 11.3 Å². The molecule has 0 aromatic heterocycles. The number of rotatable bonds is 5. The second-order valence-electron chi connectivity index (χ2n) is 6.56. The highest BCUT2D eigenvalue weighted by atomic mass is 16.2. The molecule has 4 heteroatoms. The van der Waals surface area contributed by atoms with Crippen LogP contribution in [0.2, 0.25) is 0 Å². The Hall–Kier alpha value is -0.900. The van der Waals surface area contributed by atoms with E-state index in [2.05, 4.69) is 12.2 Å². The highest BCUT2D eigenvalue weighted by Crippen LogP contribution is 2.33.